The first-order valence-electron chi connectivity index (χ1n) is 7.11. The third kappa shape index (κ3) is 12.6. The molecule has 1 radical (unpaired) electrons. The van der Waals surface area contributed by atoms with Gasteiger partial charge in [0.1, 0.15) is 0 Å². The smallest absolute Gasteiger partial charge is 0.486 e. The number of hydrogen-bond acceptors (Lipinski definition) is 6. The van der Waals surface area contributed by atoms with Gasteiger partial charge in [-0.1, -0.05) is 18.6 Å². The topological polar surface area (TPSA) is 151 Å². The second kappa shape index (κ2) is 16.6. The first-order chi connectivity index (χ1) is 12.9. The van der Waals surface area contributed by atoms with Crippen molar-refractivity contribution in [2.45, 2.75) is 0 Å². The molecule has 3 aromatic heterocycles. The van der Waals surface area contributed by atoms with Crippen LogP contribution in [0.2, 0.25) is 0 Å². The van der Waals surface area contributed by atoms with Crippen molar-refractivity contribution in [3.8, 4) is 0 Å². The zero-order valence-electron chi connectivity index (χ0n) is 14.7. The van der Waals surface area contributed by atoms with E-state index < -0.39 is 17.9 Å². The van der Waals surface area contributed by atoms with Gasteiger partial charge in [0, 0.05) is 17.1 Å². The fourth-order valence-corrected chi connectivity index (χ4v) is 1.34. The summed E-state index contributed by atoms with van der Waals surface area (Å²) in [6.45, 7) is 0. The molecule has 0 saturated heterocycles. The molecule has 0 aliphatic carbocycles. The molecule has 0 aliphatic heterocycles. The Morgan fingerprint density at radius 1 is 0.621 bits per heavy atom. The van der Waals surface area contributed by atoms with Crippen LogP contribution < -0.4 is 0 Å². The van der Waals surface area contributed by atoms with Gasteiger partial charge in [-0.15, -0.1) is 18.2 Å². The molecule has 9 nitrogen and oxygen atoms in total. The summed E-state index contributed by atoms with van der Waals surface area (Å²) in [4.78, 5) is 40.7. The van der Waals surface area contributed by atoms with Crippen LogP contribution in [0, 0.1) is 58.5 Å². The Hall–Kier alpha value is -2.39. The standard InChI is InChI=1S/3C6H4NO2.Gd.H3P/c3*8-6(9)5-3-1-2-4-7-5;;/h3*1-3H,(H,8,9);;1H3/q3*-1;+3;. The molecule has 0 aliphatic rings. The van der Waals surface area contributed by atoms with Crippen molar-refractivity contribution in [3.05, 3.63) is 90.3 Å². The van der Waals surface area contributed by atoms with Gasteiger partial charge in [0.15, 0.2) is 0 Å². The van der Waals surface area contributed by atoms with Crippen LogP contribution in [-0.2, 0) is 0 Å². The van der Waals surface area contributed by atoms with E-state index in [9.17, 15) is 14.4 Å². The fraction of sp³-hybridized carbons (Fsp3) is 0. The number of aromatic nitrogens is 3. The first kappa shape index (κ1) is 28.8. The van der Waals surface area contributed by atoms with Crippen LogP contribution in [0.25, 0.3) is 0 Å². The number of nitrogens with zero attached hydrogens (tertiary/aromatic N) is 3. The van der Waals surface area contributed by atoms with Crippen LogP contribution in [-0.4, -0.2) is 48.2 Å². The molecule has 11 heteroatoms. The zero-order chi connectivity index (χ0) is 20.1. The molecule has 1 unspecified atom stereocenters. The Morgan fingerprint density at radius 2 is 0.862 bits per heavy atom. The molecule has 0 aromatic carbocycles. The van der Waals surface area contributed by atoms with Crippen LogP contribution in [0.1, 0.15) is 31.5 Å². The van der Waals surface area contributed by atoms with Crippen molar-refractivity contribution in [2.75, 3.05) is 0 Å². The number of carbonyl (C=O) groups is 3. The van der Waals surface area contributed by atoms with Crippen molar-refractivity contribution in [2.24, 2.45) is 0 Å². The first-order valence-corrected chi connectivity index (χ1v) is 7.11. The maximum atomic E-state index is 10.1. The van der Waals surface area contributed by atoms with Gasteiger partial charge in [0.05, 0.1) is 0 Å². The molecule has 151 valence electrons. The SMILES string of the molecule is O=C(O)c1ccc[c-]n1.O=C(O)c1ccc[c-]n1.O=C(O)c1ccc[c-]n1.P.[Gd+3]. The number of carboxylic acids is 3. The molecule has 3 heterocycles. The van der Waals surface area contributed by atoms with E-state index in [0.717, 1.165) is 0 Å². The number of aromatic carboxylic acids is 3. The van der Waals surface area contributed by atoms with E-state index in [0.29, 0.717) is 0 Å². The van der Waals surface area contributed by atoms with E-state index in [1.165, 1.54) is 18.2 Å². The van der Waals surface area contributed by atoms with Crippen molar-refractivity contribution in [1.29, 1.82) is 0 Å². The van der Waals surface area contributed by atoms with Crippen molar-refractivity contribution in [1.82, 2.24) is 15.0 Å². The van der Waals surface area contributed by atoms with Crippen LogP contribution in [0.5, 0.6) is 0 Å². The van der Waals surface area contributed by atoms with E-state index in [1.807, 2.05) is 0 Å². The molecule has 1 atom stereocenters. The monoisotopic (exact) mass is 558 g/mol. The third-order valence-corrected chi connectivity index (χ3v) is 2.49. The van der Waals surface area contributed by atoms with Gasteiger partial charge in [-0.2, -0.15) is 46.3 Å². The Bertz CT molecular complexity index is 753. The second-order valence-electron chi connectivity index (χ2n) is 4.37. The number of carboxylic acid groups (broad SMARTS) is 3. The normalized spacial score (nSPS) is 8.28. The Labute approximate surface area is 201 Å². The van der Waals surface area contributed by atoms with E-state index in [-0.39, 0.29) is 66.9 Å². The molecule has 29 heavy (non-hydrogen) atoms. The molecule has 0 amide bonds. The van der Waals surface area contributed by atoms with Crippen LogP contribution in [0.3, 0.4) is 0 Å². The number of hydrogen-bond donors (Lipinski definition) is 3. The summed E-state index contributed by atoms with van der Waals surface area (Å²) in [6.07, 6.45) is 7.23. The molecular weight excluding hydrogens is 542 g/mol. The maximum absolute atomic E-state index is 10.1. The summed E-state index contributed by atoms with van der Waals surface area (Å²) >= 11 is 0. The fourth-order valence-electron chi connectivity index (χ4n) is 1.34. The average Bonchev–Trinajstić information content (AvgIpc) is 2.71. The van der Waals surface area contributed by atoms with Crippen LogP contribution in [0.4, 0.5) is 0 Å². The summed E-state index contributed by atoms with van der Waals surface area (Å²) in [6, 6.07) is 13.6. The summed E-state index contributed by atoms with van der Waals surface area (Å²) in [7, 11) is 0. The Morgan fingerprint density at radius 3 is 0.966 bits per heavy atom. The van der Waals surface area contributed by atoms with Gasteiger partial charge in [0.25, 0.3) is 17.9 Å². The second-order valence-corrected chi connectivity index (χ2v) is 4.37. The summed E-state index contributed by atoms with van der Waals surface area (Å²) in [5.41, 5.74) is 0.0764. The Balaban J connectivity index is 0. The van der Waals surface area contributed by atoms with Crippen LogP contribution >= 0.6 is 9.90 Å². The van der Waals surface area contributed by atoms with Gasteiger partial charge in [-0.3, -0.25) is 14.4 Å². The van der Waals surface area contributed by atoms with Gasteiger partial charge < -0.3 is 30.3 Å². The summed E-state index contributed by atoms with van der Waals surface area (Å²) < 4.78 is 0. The maximum Gasteiger partial charge on any atom is 3.00 e. The molecule has 3 N–H and O–H groups in total. The minimum absolute atomic E-state index is 0. The molecule has 0 bridgehead atoms. The molecule has 0 saturated carbocycles. The van der Waals surface area contributed by atoms with Crippen LogP contribution in [0.15, 0.2) is 54.6 Å². The van der Waals surface area contributed by atoms with E-state index >= 15 is 0 Å². The number of rotatable bonds is 3. The molecule has 3 aromatic rings. The van der Waals surface area contributed by atoms with Crippen molar-refractivity contribution < 1.29 is 69.6 Å². The van der Waals surface area contributed by atoms with Crippen molar-refractivity contribution in [3.63, 3.8) is 0 Å². The van der Waals surface area contributed by atoms with E-state index in [1.54, 1.807) is 36.4 Å². The zero-order valence-corrected chi connectivity index (χ0v) is 18.3. The van der Waals surface area contributed by atoms with Gasteiger partial charge >= 0.3 is 39.9 Å². The predicted molar refractivity (Wildman–Crippen MR) is 101 cm³/mol. The summed E-state index contributed by atoms with van der Waals surface area (Å²) in [5, 5.41) is 24.9. The molecule has 3 rings (SSSR count). The molecular formula is C18H15GdN3O6P. The predicted octanol–water partition coefficient (Wildman–Crippen LogP) is 1.80. The number of pyridine rings is 3. The van der Waals surface area contributed by atoms with E-state index in [4.69, 9.17) is 15.3 Å². The molecule has 0 fully saturated rings. The minimum atomic E-state index is -1.02. The Kier molecular flexibility index (Phi) is 16.5. The van der Waals surface area contributed by atoms with Gasteiger partial charge in [-0.05, 0) is 0 Å². The van der Waals surface area contributed by atoms with Crippen molar-refractivity contribution >= 4 is 27.8 Å². The summed E-state index contributed by atoms with van der Waals surface area (Å²) in [5.74, 6) is -3.06. The van der Waals surface area contributed by atoms with E-state index in [2.05, 4.69) is 33.5 Å². The van der Waals surface area contributed by atoms with Gasteiger partial charge in [-0.25, -0.2) is 0 Å². The largest absolute Gasteiger partial charge is 3.00 e. The quantitative estimate of drug-likeness (QED) is 0.324. The van der Waals surface area contributed by atoms with Gasteiger partial charge in [0.2, 0.25) is 0 Å². The molecule has 0 spiro atoms. The minimum Gasteiger partial charge on any atom is -0.486 e. The third-order valence-electron chi connectivity index (χ3n) is 2.49. The average molecular weight is 558 g/mol.